The Kier molecular flexibility index (Phi) is 4.53. The second kappa shape index (κ2) is 6.35. The van der Waals surface area contributed by atoms with Crippen LogP contribution in [0.2, 0.25) is 0 Å². The number of nitrogens with zero attached hydrogens (tertiary/aromatic N) is 2. The van der Waals surface area contributed by atoms with E-state index in [1.165, 1.54) is 16.9 Å². The van der Waals surface area contributed by atoms with E-state index in [0.29, 0.717) is 11.5 Å². The zero-order valence-corrected chi connectivity index (χ0v) is 12.0. The summed E-state index contributed by atoms with van der Waals surface area (Å²) < 4.78 is 5.80. The van der Waals surface area contributed by atoms with E-state index in [0.717, 1.165) is 29.3 Å². The van der Waals surface area contributed by atoms with Gasteiger partial charge in [-0.3, -0.25) is 0 Å². The molecule has 0 spiro atoms. The maximum Gasteiger partial charge on any atom is 0.127 e. The summed E-state index contributed by atoms with van der Waals surface area (Å²) >= 11 is 1.45. The number of thiazole rings is 1. The van der Waals surface area contributed by atoms with Crippen molar-refractivity contribution in [2.45, 2.75) is 26.7 Å². The van der Waals surface area contributed by atoms with Crippen LogP contribution in [0.3, 0.4) is 0 Å². The molecule has 0 fully saturated rings. The van der Waals surface area contributed by atoms with Crippen LogP contribution >= 0.6 is 11.3 Å². The highest BCUT2D eigenvalue weighted by Crippen LogP contribution is 2.20. The minimum Gasteiger partial charge on any atom is -0.493 e. The van der Waals surface area contributed by atoms with Crippen molar-refractivity contribution < 1.29 is 4.74 Å². The molecule has 3 nitrogen and oxygen atoms in total. The molecule has 4 heteroatoms. The Balaban J connectivity index is 1.94. The molecular formula is C15H16N2OS. The highest BCUT2D eigenvalue weighted by Gasteiger charge is 2.07. The first-order chi connectivity index (χ1) is 9.24. The van der Waals surface area contributed by atoms with Gasteiger partial charge < -0.3 is 4.74 Å². The van der Waals surface area contributed by atoms with E-state index in [-0.39, 0.29) is 0 Å². The lowest BCUT2D eigenvalue weighted by Gasteiger charge is -2.09. The van der Waals surface area contributed by atoms with Gasteiger partial charge >= 0.3 is 0 Å². The minimum atomic E-state index is 0.592. The average Bonchev–Trinajstić information content (AvgIpc) is 2.79. The maximum absolute atomic E-state index is 8.89. The summed E-state index contributed by atoms with van der Waals surface area (Å²) in [4.78, 5) is 5.07. The third kappa shape index (κ3) is 3.33. The number of benzene rings is 1. The molecule has 1 heterocycles. The van der Waals surface area contributed by atoms with Crippen LogP contribution in [-0.4, -0.2) is 11.6 Å². The molecule has 1 aromatic carbocycles. The summed E-state index contributed by atoms with van der Waals surface area (Å²) in [6, 6.07) is 10.2. The highest BCUT2D eigenvalue weighted by molar-refractivity contribution is 7.12. The fourth-order valence-corrected chi connectivity index (χ4v) is 2.69. The third-order valence-corrected chi connectivity index (χ3v) is 3.99. The van der Waals surface area contributed by atoms with E-state index in [2.05, 4.69) is 24.0 Å². The van der Waals surface area contributed by atoms with E-state index < -0.39 is 0 Å². The van der Waals surface area contributed by atoms with Crippen LogP contribution in [0.25, 0.3) is 0 Å². The lowest BCUT2D eigenvalue weighted by molar-refractivity contribution is 0.318. The summed E-state index contributed by atoms with van der Waals surface area (Å²) in [5, 5.41) is 9.85. The van der Waals surface area contributed by atoms with Crippen molar-refractivity contribution in [1.29, 1.82) is 5.26 Å². The third-order valence-electron chi connectivity index (χ3n) is 2.87. The van der Waals surface area contributed by atoms with Gasteiger partial charge in [-0.2, -0.15) is 5.26 Å². The molecular weight excluding hydrogens is 256 g/mol. The van der Waals surface area contributed by atoms with Gasteiger partial charge in [0.2, 0.25) is 0 Å². The number of nitriles is 1. The molecule has 0 saturated heterocycles. The molecule has 0 saturated carbocycles. The summed E-state index contributed by atoms with van der Waals surface area (Å²) in [6.07, 6.45) is 1.70. The number of hydrogen-bond acceptors (Lipinski definition) is 4. The lowest BCUT2D eigenvalue weighted by Crippen LogP contribution is -2.02. The standard InChI is InChI=1S/C15H16N2OS/c1-3-12-6-4-5-7-13(12)18-9-8-15-17-11(2)14(10-16)19-15/h4-7H,3,8-9H2,1-2H3. The van der Waals surface area contributed by atoms with E-state index in [9.17, 15) is 0 Å². The Labute approximate surface area is 117 Å². The molecule has 98 valence electrons. The predicted molar refractivity (Wildman–Crippen MR) is 76.6 cm³/mol. The van der Waals surface area contributed by atoms with Crippen molar-refractivity contribution in [2.75, 3.05) is 6.61 Å². The number of aromatic nitrogens is 1. The molecule has 0 radical (unpaired) electrons. The quantitative estimate of drug-likeness (QED) is 0.836. The van der Waals surface area contributed by atoms with E-state index in [1.54, 1.807) is 0 Å². The molecule has 19 heavy (non-hydrogen) atoms. The number of hydrogen-bond donors (Lipinski definition) is 0. The van der Waals surface area contributed by atoms with Gasteiger partial charge in [-0.25, -0.2) is 4.98 Å². The van der Waals surface area contributed by atoms with Crippen molar-refractivity contribution in [3.63, 3.8) is 0 Å². The van der Waals surface area contributed by atoms with Crippen LogP contribution in [0.5, 0.6) is 5.75 Å². The molecule has 0 unspecified atom stereocenters. The van der Waals surface area contributed by atoms with Gasteiger partial charge in [-0.1, -0.05) is 25.1 Å². The summed E-state index contributed by atoms with van der Waals surface area (Å²) in [6.45, 7) is 4.58. The summed E-state index contributed by atoms with van der Waals surface area (Å²) in [7, 11) is 0. The van der Waals surface area contributed by atoms with Crippen LogP contribution in [0.4, 0.5) is 0 Å². The van der Waals surface area contributed by atoms with Crippen LogP contribution < -0.4 is 4.74 Å². The first-order valence-corrected chi connectivity index (χ1v) is 7.13. The molecule has 0 N–H and O–H groups in total. The molecule has 2 aromatic rings. The first-order valence-electron chi connectivity index (χ1n) is 6.31. The SMILES string of the molecule is CCc1ccccc1OCCc1nc(C)c(C#N)s1. The van der Waals surface area contributed by atoms with Crippen molar-refractivity contribution in [3.05, 3.63) is 45.4 Å². The largest absolute Gasteiger partial charge is 0.493 e. The fourth-order valence-electron chi connectivity index (χ4n) is 1.85. The number of ether oxygens (including phenoxy) is 1. The molecule has 0 aliphatic rings. The Morgan fingerprint density at radius 2 is 2.16 bits per heavy atom. The first kappa shape index (κ1) is 13.6. The van der Waals surface area contributed by atoms with Crippen molar-refractivity contribution >= 4 is 11.3 Å². The summed E-state index contributed by atoms with van der Waals surface area (Å²) in [5.41, 5.74) is 2.03. The molecule has 0 aliphatic carbocycles. The molecule has 0 amide bonds. The van der Waals surface area contributed by atoms with Crippen LogP contribution in [0.1, 0.15) is 28.1 Å². The Morgan fingerprint density at radius 3 is 2.84 bits per heavy atom. The molecule has 0 aliphatic heterocycles. The van der Waals surface area contributed by atoms with Crippen molar-refractivity contribution in [2.24, 2.45) is 0 Å². The van der Waals surface area contributed by atoms with Gasteiger partial charge in [0.1, 0.15) is 16.7 Å². The zero-order chi connectivity index (χ0) is 13.7. The van der Waals surface area contributed by atoms with Gasteiger partial charge in [0, 0.05) is 6.42 Å². The Bertz CT molecular complexity index is 598. The van der Waals surface area contributed by atoms with Gasteiger partial charge in [0.25, 0.3) is 0 Å². The van der Waals surface area contributed by atoms with Gasteiger partial charge in [0.15, 0.2) is 0 Å². The number of rotatable bonds is 5. The van der Waals surface area contributed by atoms with Gasteiger partial charge in [-0.15, -0.1) is 11.3 Å². The topological polar surface area (TPSA) is 45.9 Å². The van der Waals surface area contributed by atoms with Gasteiger partial charge in [0.05, 0.1) is 17.3 Å². The summed E-state index contributed by atoms with van der Waals surface area (Å²) in [5.74, 6) is 0.943. The molecule has 0 atom stereocenters. The monoisotopic (exact) mass is 272 g/mol. The Morgan fingerprint density at radius 1 is 1.37 bits per heavy atom. The molecule has 0 bridgehead atoms. The van der Waals surface area contributed by atoms with Crippen LogP contribution in [0, 0.1) is 18.3 Å². The van der Waals surface area contributed by atoms with Gasteiger partial charge in [-0.05, 0) is 25.0 Å². The highest BCUT2D eigenvalue weighted by atomic mass is 32.1. The maximum atomic E-state index is 8.89. The minimum absolute atomic E-state index is 0.592. The zero-order valence-electron chi connectivity index (χ0n) is 11.1. The van der Waals surface area contributed by atoms with E-state index in [4.69, 9.17) is 10.00 Å². The van der Waals surface area contributed by atoms with E-state index >= 15 is 0 Å². The normalized spacial score (nSPS) is 10.2. The number of aryl methyl sites for hydroxylation is 2. The molecule has 1 aromatic heterocycles. The molecule has 2 rings (SSSR count). The van der Waals surface area contributed by atoms with Crippen molar-refractivity contribution in [1.82, 2.24) is 4.98 Å². The average molecular weight is 272 g/mol. The van der Waals surface area contributed by atoms with E-state index in [1.807, 2.05) is 25.1 Å². The second-order valence-electron chi connectivity index (χ2n) is 4.19. The fraction of sp³-hybridized carbons (Fsp3) is 0.333. The number of para-hydroxylation sites is 1. The smallest absolute Gasteiger partial charge is 0.127 e. The predicted octanol–water partition coefficient (Wildman–Crippen LogP) is 3.51. The lowest BCUT2D eigenvalue weighted by atomic mass is 10.1. The second-order valence-corrected chi connectivity index (χ2v) is 5.28. The Hall–Kier alpha value is -1.86. The van der Waals surface area contributed by atoms with Crippen molar-refractivity contribution in [3.8, 4) is 11.8 Å². The van der Waals surface area contributed by atoms with Crippen LogP contribution in [-0.2, 0) is 12.8 Å². The van der Waals surface area contributed by atoms with Crippen LogP contribution in [0.15, 0.2) is 24.3 Å².